The van der Waals surface area contributed by atoms with E-state index in [4.69, 9.17) is 20.4 Å². The van der Waals surface area contributed by atoms with Crippen LogP contribution < -0.4 is 5.32 Å². The summed E-state index contributed by atoms with van der Waals surface area (Å²) in [7, 11) is 0. The van der Waals surface area contributed by atoms with Gasteiger partial charge in [0, 0.05) is 0 Å². The smallest absolute Gasteiger partial charge is 0.303 e. The van der Waals surface area contributed by atoms with E-state index in [1.165, 1.54) is 0 Å². The van der Waals surface area contributed by atoms with Crippen molar-refractivity contribution in [2.75, 3.05) is 0 Å². The fourth-order valence-electron chi connectivity index (χ4n) is 0.789. The molecule has 9 heteroatoms. The lowest BCUT2D eigenvalue weighted by Gasteiger charge is -2.06. The van der Waals surface area contributed by atoms with Gasteiger partial charge in [0.15, 0.2) is 0 Å². The first kappa shape index (κ1) is 15.0. The van der Waals surface area contributed by atoms with Crippen molar-refractivity contribution < 1.29 is 39.6 Å². The first-order chi connectivity index (χ1) is 7.65. The van der Waals surface area contributed by atoms with Crippen molar-refractivity contribution >= 4 is 23.8 Å². The minimum Gasteiger partial charge on any atom is -0.481 e. The Hall–Kier alpha value is -2.00. The summed E-state index contributed by atoms with van der Waals surface area (Å²) in [5.74, 6) is -6.34. The van der Waals surface area contributed by atoms with Crippen LogP contribution in [0.3, 0.4) is 0 Å². The van der Waals surface area contributed by atoms with Crippen LogP contribution in [0.4, 0.5) is 0 Å². The molecule has 0 aromatic carbocycles. The summed E-state index contributed by atoms with van der Waals surface area (Å²) >= 11 is 0. The van der Waals surface area contributed by atoms with Crippen LogP contribution in [0.5, 0.6) is 0 Å². The van der Waals surface area contributed by atoms with E-state index in [9.17, 15) is 19.2 Å². The molecule has 0 unspecified atom stereocenters. The van der Waals surface area contributed by atoms with Crippen molar-refractivity contribution in [3.63, 3.8) is 0 Å². The van der Waals surface area contributed by atoms with Crippen LogP contribution in [0.25, 0.3) is 0 Å². The Morgan fingerprint density at radius 2 is 1.53 bits per heavy atom. The SMILES string of the molecule is O=C(O)CCC(=O)O.O=C1CC(O)(O)C(=O)N1. The first-order valence-electron chi connectivity index (χ1n) is 4.38. The predicted octanol–water partition coefficient (Wildman–Crippen LogP) is -2.35. The summed E-state index contributed by atoms with van der Waals surface area (Å²) in [4.78, 5) is 39.8. The lowest BCUT2D eigenvalue weighted by molar-refractivity contribution is -0.176. The number of carbonyl (C=O) groups excluding carboxylic acids is 2. The molecular formula is C8H11NO8. The minimum absolute atomic E-state index is 0.296. The van der Waals surface area contributed by atoms with E-state index in [-0.39, 0.29) is 12.8 Å². The molecule has 1 heterocycles. The Morgan fingerprint density at radius 3 is 1.65 bits per heavy atom. The second-order valence-corrected chi connectivity index (χ2v) is 3.16. The topological polar surface area (TPSA) is 161 Å². The second-order valence-electron chi connectivity index (χ2n) is 3.16. The first-order valence-corrected chi connectivity index (χ1v) is 4.38. The Bertz CT molecular complexity index is 333. The molecule has 0 bridgehead atoms. The van der Waals surface area contributed by atoms with Gasteiger partial charge in [-0.05, 0) is 0 Å². The summed E-state index contributed by atoms with van der Waals surface area (Å²) in [6, 6.07) is 0. The molecule has 0 saturated carbocycles. The summed E-state index contributed by atoms with van der Waals surface area (Å²) in [5, 5.41) is 34.6. The maximum Gasteiger partial charge on any atom is 0.303 e. The van der Waals surface area contributed by atoms with Gasteiger partial charge in [-0.15, -0.1) is 0 Å². The monoisotopic (exact) mass is 249 g/mol. The standard InChI is InChI=1S/C4H5NO4.C4H6O4/c6-2-1-4(8,9)3(7)5-2;5-3(6)1-2-4(7)8/h8-9H,1H2,(H,5,6,7);1-2H2,(H,5,6)(H,7,8). The van der Waals surface area contributed by atoms with Crippen LogP contribution in [0.1, 0.15) is 19.3 Å². The lowest BCUT2D eigenvalue weighted by Crippen LogP contribution is -2.37. The van der Waals surface area contributed by atoms with Gasteiger partial charge in [0.1, 0.15) is 0 Å². The zero-order valence-electron chi connectivity index (χ0n) is 8.54. The molecule has 0 aromatic rings. The molecule has 96 valence electrons. The zero-order chi connectivity index (χ0) is 13.6. The summed E-state index contributed by atoms with van der Waals surface area (Å²) in [6.07, 6.45) is -1.16. The highest BCUT2D eigenvalue weighted by molar-refractivity contribution is 6.06. The Kier molecular flexibility index (Phi) is 5.22. The third-order valence-corrected chi connectivity index (χ3v) is 1.58. The summed E-state index contributed by atoms with van der Waals surface area (Å²) in [6.45, 7) is 0. The van der Waals surface area contributed by atoms with E-state index in [0.717, 1.165) is 0 Å². The number of aliphatic hydroxyl groups is 2. The molecule has 0 radical (unpaired) electrons. The molecule has 0 atom stereocenters. The van der Waals surface area contributed by atoms with Crippen LogP contribution in [-0.2, 0) is 19.2 Å². The van der Waals surface area contributed by atoms with Crippen LogP contribution >= 0.6 is 0 Å². The Balaban J connectivity index is 0.000000304. The predicted molar refractivity (Wildman–Crippen MR) is 49.4 cm³/mol. The van der Waals surface area contributed by atoms with Crippen LogP contribution in [0.2, 0.25) is 0 Å². The van der Waals surface area contributed by atoms with Gasteiger partial charge in [0.2, 0.25) is 5.91 Å². The van der Waals surface area contributed by atoms with E-state index in [0.29, 0.717) is 0 Å². The maximum atomic E-state index is 10.3. The number of amides is 2. The number of carboxylic acids is 2. The van der Waals surface area contributed by atoms with Crippen LogP contribution in [0, 0.1) is 0 Å². The normalized spacial score (nSPS) is 16.8. The van der Waals surface area contributed by atoms with Crippen molar-refractivity contribution in [1.82, 2.24) is 5.32 Å². The number of hydrogen-bond acceptors (Lipinski definition) is 6. The molecule has 0 spiro atoms. The number of carboxylic acid groups (broad SMARTS) is 2. The summed E-state index contributed by atoms with van der Waals surface area (Å²) < 4.78 is 0. The second kappa shape index (κ2) is 5.92. The number of carbonyl (C=O) groups is 4. The fourth-order valence-corrected chi connectivity index (χ4v) is 0.789. The molecule has 0 aliphatic carbocycles. The Morgan fingerprint density at radius 1 is 1.12 bits per heavy atom. The molecule has 9 nitrogen and oxygen atoms in total. The highest BCUT2D eigenvalue weighted by Gasteiger charge is 2.43. The third-order valence-electron chi connectivity index (χ3n) is 1.58. The average molecular weight is 249 g/mol. The number of hydrogen-bond donors (Lipinski definition) is 5. The maximum absolute atomic E-state index is 10.3. The van der Waals surface area contributed by atoms with Crippen molar-refractivity contribution in [2.45, 2.75) is 25.0 Å². The van der Waals surface area contributed by atoms with Gasteiger partial charge in [0.25, 0.3) is 11.7 Å². The molecule has 17 heavy (non-hydrogen) atoms. The largest absolute Gasteiger partial charge is 0.481 e. The molecule has 1 aliphatic heterocycles. The quantitative estimate of drug-likeness (QED) is 0.274. The average Bonchev–Trinajstić information content (AvgIpc) is 2.36. The number of imide groups is 1. The van der Waals surface area contributed by atoms with Crippen molar-refractivity contribution in [2.24, 2.45) is 0 Å². The highest BCUT2D eigenvalue weighted by Crippen LogP contribution is 2.11. The van der Waals surface area contributed by atoms with Crippen molar-refractivity contribution in [1.29, 1.82) is 0 Å². The van der Waals surface area contributed by atoms with Gasteiger partial charge in [-0.1, -0.05) is 0 Å². The van der Waals surface area contributed by atoms with Crippen LogP contribution in [0.15, 0.2) is 0 Å². The molecule has 5 N–H and O–H groups in total. The van der Waals surface area contributed by atoms with E-state index >= 15 is 0 Å². The molecule has 0 aromatic heterocycles. The summed E-state index contributed by atoms with van der Waals surface area (Å²) in [5.41, 5.74) is 0. The zero-order valence-corrected chi connectivity index (χ0v) is 8.54. The molecule has 1 saturated heterocycles. The van der Waals surface area contributed by atoms with Crippen molar-refractivity contribution in [3.8, 4) is 0 Å². The van der Waals surface area contributed by atoms with Gasteiger partial charge in [-0.25, -0.2) is 0 Å². The van der Waals surface area contributed by atoms with Gasteiger partial charge in [-0.3, -0.25) is 24.5 Å². The highest BCUT2D eigenvalue weighted by atomic mass is 16.5. The van der Waals surface area contributed by atoms with E-state index in [1.54, 1.807) is 5.32 Å². The van der Waals surface area contributed by atoms with Gasteiger partial charge < -0.3 is 20.4 Å². The number of rotatable bonds is 3. The molecular weight excluding hydrogens is 238 g/mol. The van der Waals surface area contributed by atoms with Crippen LogP contribution in [-0.4, -0.2) is 50.0 Å². The van der Waals surface area contributed by atoms with E-state index in [1.807, 2.05) is 0 Å². The molecule has 1 aliphatic rings. The molecule has 2 amide bonds. The molecule has 1 rings (SSSR count). The van der Waals surface area contributed by atoms with E-state index < -0.39 is 36.0 Å². The number of nitrogens with one attached hydrogen (secondary N) is 1. The minimum atomic E-state index is -2.48. The van der Waals surface area contributed by atoms with E-state index in [2.05, 4.69) is 0 Å². The van der Waals surface area contributed by atoms with Gasteiger partial charge in [-0.2, -0.15) is 0 Å². The van der Waals surface area contributed by atoms with Crippen molar-refractivity contribution in [3.05, 3.63) is 0 Å². The van der Waals surface area contributed by atoms with Gasteiger partial charge >= 0.3 is 11.9 Å². The molecule has 1 fully saturated rings. The lowest BCUT2D eigenvalue weighted by atomic mass is 10.2. The van der Waals surface area contributed by atoms with Gasteiger partial charge in [0.05, 0.1) is 19.3 Å². The number of aliphatic carboxylic acids is 2. The Labute approximate surface area is 94.7 Å². The fraction of sp³-hybridized carbons (Fsp3) is 0.500. The third kappa shape index (κ3) is 6.22.